The van der Waals surface area contributed by atoms with Crippen molar-refractivity contribution in [1.29, 1.82) is 0 Å². The van der Waals surface area contributed by atoms with Crippen LogP contribution >= 0.6 is 0 Å². The highest BCUT2D eigenvalue weighted by Crippen LogP contribution is 2.30. The fourth-order valence-electron chi connectivity index (χ4n) is 2.94. The Morgan fingerprint density at radius 2 is 1.75 bits per heavy atom. The zero-order valence-electron chi connectivity index (χ0n) is 12.8. The van der Waals surface area contributed by atoms with Gasteiger partial charge in [-0.25, -0.2) is 0 Å². The topological polar surface area (TPSA) is 33.7 Å². The maximum atomic E-state index is 5.47. The van der Waals surface area contributed by atoms with E-state index in [1.165, 1.54) is 12.8 Å². The second-order valence-electron chi connectivity index (χ2n) is 5.42. The molecule has 4 nitrogen and oxygen atoms in total. The lowest BCUT2D eigenvalue weighted by Gasteiger charge is -2.32. The van der Waals surface area contributed by atoms with Crippen molar-refractivity contribution in [2.24, 2.45) is 5.92 Å². The van der Waals surface area contributed by atoms with Crippen LogP contribution < -0.4 is 14.8 Å². The average molecular weight is 278 g/mol. The molecule has 1 heterocycles. The lowest BCUT2D eigenvalue weighted by Crippen LogP contribution is -2.36. The lowest BCUT2D eigenvalue weighted by molar-refractivity contribution is 0.173. The first kappa shape index (κ1) is 15.1. The second kappa shape index (κ2) is 7.50. The maximum absolute atomic E-state index is 5.47. The molecule has 1 aliphatic heterocycles. The molecule has 0 radical (unpaired) electrons. The first-order valence-electron chi connectivity index (χ1n) is 7.35. The minimum Gasteiger partial charge on any atom is -0.496 e. The summed E-state index contributed by atoms with van der Waals surface area (Å²) < 4.78 is 10.9. The highest BCUT2D eigenvalue weighted by Gasteiger charge is 2.21. The third-order valence-electron chi connectivity index (χ3n) is 4.11. The molecule has 112 valence electrons. The molecule has 20 heavy (non-hydrogen) atoms. The van der Waals surface area contributed by atoms with Crippen LogP contribution in [0, 0.1) is 5.92 Å². The van der Waals surface area contributed by atoms with Crippen molar-refractivity contribution in [2.45, 2.75) is 19.4 Å². The van der Waals surface area contributed by atoms with Gasteiger partial charge in [0, 0.05) is 6.54 Å². The quantitative estimate of drug-likeness (QED) is 0.864. The Kier molecular flexibility index (Phi) is 5.68. The van der Waals surface area contributed by atoms with E-state index in [0.717, 1.165) is 49.2 Å². The van der Waals surface area contributed by atoms with E-state index in [4.69, 9.17) is 9.47 Å². The summed E-state index contributed by atoms with van der Waals surface area (Å²) in [6, 6.07) is 5.98. The van der Waals surface area contributed by atoms with E-state index in [2.05, 4.69) is 10.2 Å². The maximum Gasteiger partial charge on any atom is 0.127 e. The fourth-order valence-corrected chi connectivity index (χ4v) is 2.94. The zero-order chi connectivity index (χ0) is 14.4. The predicted molar refractivity (Wildman–Crippen MR) is 81.5 cm³/mol. The van der Waals surface area contributed by atoms with Crippen LogP contribution in [0.4, 0.5) is 0 Å². The molecule has 0 unspecified atom stereocenters. The molecule has 2 rings (SSSR count). The van der Waals surface area contributed by atoms with Crippen LogP contribution in [0.3, 0.4) is 0 Å². The van der Waals surface area contributed by atoms with Crippen molar-refractivity contribution in [3.8, 4) is 11.5 Å². The number of hydrogen-bond acceptors (Lipinski definition) is 4. The summed E-state index contributed by atoms with van der Waals surface area (Å²) in [4.78, 5) is 2.49. The predicted octanol–water partition coefficient (Wildman–Crippen LogP) is 2.14. The number of hydrogen-bond donors (Lipinski definition) is 1. The van der Waals surface area contributed by atoms with E-state index >= 15 is 0 Å². The van der Waals surface area contributed by atoms with Crippen molar-refractivity contribution in [3.05, 3.63) is 23.8 Å². The van der Waals surface area contributed by atoms with Gasteiger partial charge in [0.05, 0.1) is 19.8 Å². The Morgan fingerprint density at radius 1 is 1.15 bits per heavy atom. The van der Waals surface area contributed by atoms with Crippen LogP contribution in [-0.2, 0) is 6.54 Å². The zero-order valence-corrected chi connectivity index (χ0v) is 12.8. The minimum atomic E-state index is 0.816. The second-order valence-corrected chi connectivity index (χ2v) is 5.42. The molecule has 0 bridgehead atoms. The van der Waals surface area contributed by atoms with E-state index in [0.29, 0.717) is 0 Å². The Hall–Kier alpha value is -1.26. The normalized spacial score (nSPS) is 17.1. The number of benzene rings is 1. The third-order valence-corrected chi connectivity index (χ3v) is 4.11. The summed E-state index contributed by atoms with van der Waals surface area (Å²) in [6.45, 7) is 4.33. The van der Waals surface area contributed by atoms with Gasteiger partial charge in [-0.1, -0.05) is 6.07 Å². The molecular formula is C16H26N2O2. The number of rotatable bonds is 6. The van der Waals surface area contributed by atoms with E-state index < -0.39 is 0 Å². The number of nitrogens with zero attached hydrogens (tertiary/aromatic N) is 1. The molecule has 0 saturated carbocycles. The van der Waals surface area contributed by atoms with Crippen molar-refractivity contribution in [3.63, 3.8) is 0 Å². The minimum absolute atomic E-state index is 0.816. The number of piperidine rings is 1. The molecule has 0 spiro atoms. The molecule has 1 aliphatic rings. The highest BCUT2D eigenvalue weighted by molar-refractivity contribution is 5.44. The molecule has 1 N–H and O–H groups in total. The van der Waals surface area contributed by atoms with E-state index in [9.17, 15) is 0 Å². The number of nitrogens with one attached hydrogen (secondary N) is 1. The Morgan fingerprint density at radius 3 is 2.25 bits per heavy atom. The average Bonchev–Trinajstić information content (AvgIpc) is 2.49. The fraction of sp³-hybridized carbons (Fsp3) is 0.625. The van der Waals surface area contributed by atoms with Gasteiger partial charge in [0.2, 0.25) is 0 Å². The Labute approximate surface area is 122 Å². The first-order chi connectivity index (χ1) is 9.78. The smallest absolute Gasteiger partial charge is 0.127 e. The van der Waals surface area contributed by atoms with Gasteiger partial charge in [-0.15, -0.1) is 0 Å². The summed E-state index contributed by atoms with van der Waals surface area (Å²) in [7, 11) is 5.47. The molecule has 0 aliphatic carbocycles. The molecule has 1 aromatic rings. The SMILES string of the molecule is CNCC1CCN(Cc2c(OC)cccc2OC)CC1. The van der Waals surface area contributed by atoms with Crippen molar-refractivity contribution in [1.82, 2.24) is 10.2 Å². The highest BCUT2D eigenvalue weighted by atomic mass is 16.5. The summed E-state index contributed by atoms with van der Waals surface area (Å²) in [5.74, 6) is 2.65. The summed E-state index contributed by atoms with van der Waals surface area (Å²) in [6.07, 6.45) is 2.52. The Balaban J connectivity index is 2.00. The molecule has 1 fully saturated rings. The van der Waals surface area contributed by atoms with Gasteiger partial charge < -0.3 is 14.8 Å². The molecular weight excluding hydrogens is 252 g/mol. The monoisotopic (exact) mass is 278 g/mol. The number of ether oxygens (including phenoxy) is 2. The van der Waals surface area contributed by atoms with Crippen LogP contribution in [0.1, 0.15) is 18.4 Å². The van der Waals surface area contributed by atoms with Gasteiger partial charge in [-0.05, 0) is 57.6 Å². The van der Waals surface area contributed by atoms with Gasteiger partial charge in [-0.3, -0.25) is 4.90 Å². The molecule has 0 aromatic heterocycles. The van der Waals surface area contributed by atoms with Crippen LogP contribution in [-0.4, -0.2) is 45.8 Å². The van der Waals surface area contributed by atoms with Crippen molar-refractivity contribution < 1.29 is 9.47 Å². The van der Waals surface area contributed by atoms with E-state index in [-0.39, 0.29) is 0 Å². The van der Waals surface area contributed by atoms with E-state index in [1.807, 2.05) is 25.2 Å². The largest absolute Gasteiger partial charge is 0.496 e. The van der Waals surface area contributed by atoms with Crippen molar-refractivity contribution in [2.75, 3.05) is 40.9 Å². The summed E-state index contributed by atoms with van der Waals surface area (Å²) in [5.41, 5.74) is 1.16. The van der Waals surface area contributed by atoms with Gasteiger partial charge in [0.25, 0.3) is 0 Å². The molecule has 0 atom stereocenters. The van der Waals surface area contributed by atoms with Gasteiger partial charge in [-0.2, -0.15) is 0 Å². The van der Waals surface area contributed by atoms with Crippen LogP contribution in [0.5, 0.6) is 11.5 Å². The van der Waals surface area contributed by atoms with Crippen LogP contribution in [0.2, 0.25) is 0 Å². The molecule has 0 amide bonds. The standard InChI is InChI=1S/C16H26N2O2/c1-17-11-13-7-9-18(10-8-13)12-14-15(19-2)5-4-6-16(14)20-3/h4-6,13,17H,7-12H2,1-3H3. The van der Waals surface area contributed by atoms with Gasteiger partial charge in [0.15, 0.2) is 0 Å². The summed E-state index contributed by atoms with van der Waals surface area (Å²) >= 11 is 0. The molecule has 1 saturated heterocycles. The van der Waals surface area contributed by atoms with Crippen molar-refractivity contribution >= 4 is 0 Å². The third kappa shape index (κ3) is 3.64. The van der Waals surface area contributed by atoms with Crippen LogP contribution in [0.25, 0.3) is 0 Å². The molecule has 4 heteroatoms. The van der Waals surface area contributed by atoms with Gasteiger partial charge >= 0.3 is 0 Å². The lowest BCUT2D eigenvalue weighted by atomic mass is 9.96. The van der Waals surface area contributed by atoms with Crippen LogP contribution in [0.15, 0.2) is 18.2 Å². The summed E-state index contributed by atoms with van der Waals surface area (Å²) in [5, 5.41) is 3.28. The van der Waals surface area contributed by atoms with E-state index in [1.54, 1.807) is 14.2 Å². The number of likely N-dealkylation sites (tertiary alicyclic amines) is 1. The number of methoxy groups -OCH3 is 2. The van der Waals surface area contributed by atoms with Gasteiger partial charge in [0.1, 0.15) is 11.5 Å². The Bertz CT molecular complexity index is 393. The first-order valence-corrected chi connectivity index (χ1v) is 7.35. The molecule has 1 aromatic carbocycles.